The summed E-state index contributed by atoms with van der Waals surface area (Å²) in [5.74, 6) is 0.518. The Bertz CT molecular complexity index is 278. The predicted octanol–water partition coefficient (Wildman–Crippen LogP) is 1.24. The standard InChI is InChI=1S/C10H17N3O/c1-8(3-2-6-14)13-9-4-5-12-10(11)7-9/h4-5,7-8,14H,2-3,6H2,1H3,(H3,11,12,13). The fraction of sp³-hybridized carbons (Fsp3) is 0.500. The lowest BCUT2D eigenvalue weighted by molar-refractivity contribution is 0.282. The van der Waals surface area contributed by atoms with Crippen molar-refractivity contribution in [3.63, 3.8) is 0 Å². The van der Waals surface area contributed by atoms with Crippen LogP contribution in [0.2, 0.25) is 0 Å². The van der Waals surface area contributed by atoms with Gasteiger partial charge in [-0.15, -0.1) is 0 Å². The minimum absolute atomic E-state index is 0.241. The zero-order valence-corrected chi connectivity index (χ0v) is 8.40. The normalized spacial score (nSPS) is 12.4. The molecule has 0 saturated heterocycles. The van der Waals surface area contributed by atoms with Gasteiger partial charge in [0, 0.05) is 30.6 Å². The van der Waals surface area contributed by atoms with Gasteiger partial charge in [0.1, 0.15) is 5.82 Å². The minimum atomic E-state index is 0.241. The number of hydrogen-bond acceptors (Lipinski definition) is 4. The van der Waals surface area contributed by atoms with Crippen LogP contribution in [0, 0.1) is 0 Å². The summed E-state index contributed by atoms with van der Waals surface area (Å²) in [5.41, 5.74) is 6.52. The predicted molar refractivity (Wildman–Crippen MR) is 58.1 cm³/mol. The third kappa shape index (κ3) is 3.62. The van der Waals surface area contributed by atoms with E-state index >= 15 is 0 Å². The molecule has 0 aliphatic heterocycles. The van der Waals surface area contributed by atoms with Crippen molar-refractivity contribution in [2.75, 3.05) is 17.7 Å². The van der Waals surface area contributed by atoms with Crippen LogP contribution in [0.4, 0.5) is 11.5 Å². The monoisotopic (exact) mass is 195 g/mol. The molecule has 1 aromatic rings. The van der Waals surface area contributed by atoms with Crippen molar-refractivity contribution in [3.8, 4) is 0 Å². The molecule has 4 nitrogen and oxygen atoms in total. The van der Waals surface area contributed by atoms with Crippen molar-refractivity contribution in [1.82, 2.24) is 4.98 Å². The number of pyridine rings is 1. The van der Waals surface area contributed by atoms with E-state index in [1.807, 2.05) is 6.07 Å². The van der Waals surface area contributed by atoms with E-state index in [1.165, 1.54) is 0 Å². The highest BCUT2D eigenvalue weighted by molar-refractivity contribution is 5.50. The molecule has 1 heterocycles. The fourth-order valence-corrected chi connectivity index (χ4v) is 1.29. The van der Waals surface area contributed by atoms with Gasteiger partial charge < -0.3 is 16.2 Å². The van der Waals surface area contributed by atoms with E-state index in [4.69, 9.17) is 10.8 Å². The molecule has 0 aliphatic rings. The first-order valence-corrected chi connectivity index (χ1v) is 4.81. The number of hydrogen-bond donors (Lipinski definition) is 3. The van der Waals surface area contributed by atoms with E-state index in [-0.39, 0.29) is 6.61 Å². The molecule has 0 bridgehead atoms. The van der Waals surface area contributed by atoms with Gasteiger partial charge in [0.15, 0.2) is 0 Å². The van der Waals surface area contributed by atoms with Gasteiger partial charge in [-0.25, -0.2) is 4.98 Å². The number of aliphatic hydroxyl groups is 1. The van der Waals surface area contributed by atoms with Gasteiger partial charge in [0.25, 0.3) is 0 Å². The average Bonchev–Trinajstić information content (AvgIpc) is 2.15. The Morgan fingerprint density at radius 1 is 1.64 bits per heavy atom. The lowest BCUT2D eigenvalue weighted by Gasteiger charge is -2.14. The Morgan fingerprint density at radius 2 is 2.43 bits per heavy atom. The van der Waals surface area contributed by atoms with Crippen LogP contribution in [0.5, 0.6) is 0 Å². The second-order valence-electron chi connectivity index (χ2n) is 3.38. The maximum Gasteiger partial charge on any atom is 0.125 e. The van der Waals surface area contributed by atoms with Gasteiger partial charge in [0.2, 0.25) is 0 Å². The molecule has 1 atom stereocenters. The van der Waals surface area contributed by atoms with Gasteiger partial charge in [-0.2, -0.15) is 0 Å². The van der Waals surface area contributed by atoms with Gasteiger partial charge in [-0.3, -0.25) is 0 Å². The summed E-state index contributed by atoms with van der Waals surface area (Å²) in [4.78, 5) is 3.91. The Hall–Kier alpha value is -1.29. The topological polar surface area (TPSA) is 71.2 Å². The third-order valence-corrected chi connectivity index (χ3v) is 1.99. The molecule has 0 spiro atoms. The molecule has 0 aromatic carbocycles. The molecule has 1 aromatic heterocycles. The van der Waals surface area contributed by atoms with E-state index in [0.717, 1.165) is 18.5 Å². The zero-order chi connectivity index (χ0) is 10.4. The van der Waals surface area contributed by atoms with Crippen molar-refractivity contribution < 1.29 is 5.11 Å². The maximum atomic E-state index is 8.67. The van der Waals surface area contributed by atoms with E-state index in [9.17, 15) is 0 Å². The van der Waals surface area contributed by atoms with Gasteiger partial charge in [-0.1, -0.05) is 0 Å². The molecule has 0 saturated carbocycles. The molecular formula is C10H17N3O. The Labute approximate surface area is 84.2 Å². The van der Waals surface area contributed by atoms with Crippen LogP contribution in [0.1, 0.15) is 19.8 Å². The smallest absolute Gasteiger partial charge is 0.125 e. The SMILES string of the molecule is CC(CCCO)Nc1ccnc(N)c1. The number of nitrogens with zero attached hydrogens (tertiary/aromatic N) is 1. The summed E-state index contributed by atoms with van der Waals surface area (Å²) in [5, 5.41) is 12.0. The zero-order valence-electron chi connectivity index (χ0n) is 8.40. The summed E-state index contributed by atoms with van der Waals surface area (Å²) in [6.45, 7) is 2.32. The summed E-state index contributed by atoms with van der Waals surface area (Å²) in [6, 6.07) is 4.02. The molecule has 1 unspecified atom stereocenters. The van der Waals surface area contributed by atoms with Crippen molar-refractivity contribution in [2.24, 2.45) is 0 Å². The Balaban J connectivity index is 2.43. The number of rotatable bonds is 5. The number of aromatic nitrogens is 1. The lowest BCUT2D eigenvalue weighted by Crippen LogP contribution is -2.15. The maximum absolute atomic E-state index is 8.67. The molecule has 0 radical (unpaired) electrons. The summed E-state index contributed by atoms with van der Waals surface area (Å²) >= 11 is 0. The molecule has 1 rings (SSSR count). The highest BCUT2D eigenvalue weighted by atomic mass is 16.2. The van der Waals surface area contributed by atoms with Crippen molar-refractivity contribution >= 4 is 11.5 Å². The van der Waals surface area contributed by atoms with Crippen molar-refractivity contribution in [1.29, 1.82) is 0 Å². The highest BCUT2D eigenvalue weighted by Gasteiger charge is 2.01. The lowest BCUT2D eigenvalue weighted by atomic mass is 10.2. The van der Waals surface area contributed by atoms with Gasteiger partial charge in [-0.05, 0) is 25.8 Å². The fourth-order valence-electron chi connectivity index (χ4n) is 1.29. The van der Waals surface area contributed by atoms with Crippen LogP contribution in [0.25, 0.3) is 0 Å². The number of nitrogens with two attached hydrogens (primary N) is 1. The molecule has 4 heteroatoms. The second kappa shape index (κ2) is 5.44. The molecule has 78 valence electrons. The summed E-state index contributed by atoms with van der Waals surface area (Å²) in [7, 11) is 0. The highest BCUT2D eigenvalue weighted by Crippen LogP contribution is 2.11. The first-order chi connectivity index (χ1) is 6.72. The molecule has 0 aliphatic carbocycles. The summed E-state index contributed by atoms with van der Waals surface area (Å²) in [6.07, 6.45) is 3.43. The van der Waals surface area contributed by atoms with Crippen LogP contribution in [-0.2, 0) is 0 Å². The first kappa shape index (κ1) is 10.8. The summed E-state index contributed by atoms with van der Waals surface area (Å²) < 4.78 is 0. The van der Waals surface area contributed by atoms with Crippen LogP contribution in [-0.4, -0.2) is 22.7 Å². The van der Waals surface area contributed by atoms with Crippen molar-refractivity contribution in [2.45, 2.75) is 25.8 Å². The quantitative estimate of drug-likeness (QED) is 0.661. The van der Waals surface area contributed by atoms with Crippen LogP contribution >= 0.6 is 0 Å². The van der Waals surface area contributed by atoms with Crippen molar-refractivity contribution in [3.05, 3.63) is 18.3 Å². The molecule has 0 fully saturated rings. The molecule has 0 amide bonds. The average molecular weight is 195 g/mol. The first-order valence-electron chi connectivity index (χ1n) is 4.81. The van der Waals surface area contributed by atoms with Crippen LogP contribution in [0.15, 0.2) is 18.3 Å². The number of nitrogen functional groups attached to an aromatic ring is 1. The number of anilines is 2. The number of aliphatic hydroxyl groups excluding tert-OH is 1. The van der Waals surface area contributed by atoms with Gasteiger partial charge in [0.05, 0.1) is 0 Å². The Kier molecular flexibility index (Phi) is 4.19. The largest absolute Gasteiger partial charge is 0.396 e. The van der Waals surface area contributed by atoms with Crippen LogP contribution in [0.3, 0.4) is 0 Å². The molecule has 14 heavy (non-hydrogen) atoms. The van der Waals surface area contributed by atoms with E-state index in [2.05, 4.69) is 17.2 Å². The minimum Gasteiger partial charge on any atom is -0.396 e. The van der Waals surface area contributed by atoms with E-state index < -0.39 is 0 Å². The van der Waals surface area contributed by atoms with Crippen LogP contribution < -0.4 is 11.1 Å². The van der Waals surface area contributed by atoms with E-state index in [1.54, 1.807) is 12.3 Å². The third-order valence-electron chi connectivity index (χ3n) is 1.99. The van der Waals surface area contributed by atoms with Gasteiger partial charge >= 0.3 is 0 Å². The van der Waals surface area contributed by atoms with E-state index in [0.29, 0.717) is 11.9 Å². The molecule has 4 N–H and O–H groups in total. The second-order valence-corrected chi connectivity index (χ2v) is 3.38. The Morgan fingerprint density at radius 3 is 3.07 bits per heavy atom. The molecular weight excluding hydrogens is 178 g/mol. The number of nitrogens with one attached hydrogen (secondary N) is 1.